The second-order valence-corrected chi connectivity index (χ2v) is 6.70. The molecule has 0 aliphatic heterocycles. The maximum atomic E-state index is 12.3. The van der Waals surface area contributed by atoms with E-state index in [-0.39, 0.29) is 12.5 Å². The smallest absolute Gasteiger partial charge is 0.262 e. The first kappa shape index (κ1) is 17.2. The van der Waals surface area contributed by atoms with Crippen molar-refractivity contribution in [1.82, 2.24) is 0 Å². The zero-order valence-corrected chi connectivity index (χ0v) is 15.4. The summed E-state index contributed by atoms with van der Waals surface area (Å²) in [5.74, 6) is 0.980. The Hall–Kier alpha value is -3.27. The Morgan fingerprint density at radius 2 is 1.78 bits per heavy atom. The van der Waals surface area contributed by atoms with Gasteiger partial charge in [0.05, 0.1) is 7.11 Å². The van der Waals surface area contributed by atoms with Gasteiger partial charge in [-0.2, -0.15) is 0 Å². The number of carbonyl (C=O) groups excluding carboxylic acids is 1. The highest BCUT2D eigenvalue weighted by Crippen LogP contribution is 2.37. The summed E-state index contributed by atoms with van der Waals surface area (Å²) in [5, 5.41) is 2.91. The van der Waals surface area contributed by atoms with Crippen molar-refractivity contribution in [2.75, 3.05) is 19.0 Å². The molecular weight excluding hydrogens is 338 g/mol. The number of anilines is 1. The number of aryl methyl sites for hydroxylation is 1. The van der Waals surface area contributed by atoms with E-state index in [1.807, 2.05) is 37.3 Å². The average molecular weight is 359 g/mol. The predicted octanol–water partition coefficient (Wildman–Crippen LogP) is 4.59. The largest absolute Gasteiger partial charge is 0.493 e. The monoisotopic (exact) mass is 359 g/mol. The molecule has 0 saturated heterocycles. The van der Waals surface area contributed by atoms with Crippen molar-refractivity contribution < 1.29 is 14.3 Å². The van der Waals surface area contributed by atoms with Crippen molar-refractivity contribution in [2.24, 2.45) is 0 Å². The van der Waals surface area contributed by atoms with Crippen LogP contribution in [0.25, 0.3) is 11.1 Å². The molecule has 3 aromatic carbocycles. The van der Waals surface area contributed by atoms with Crippen LogP contribution in [-0.2, 0) is 11.2 Å². The molecule has 0 bridgehead atoms. The minimum absolute atomic E-state index is 0.0727. The van der Waals surface area contributed by atoms with Gasteiger partial charge in [0.25, 0.3) is 5.91 Å². The van der Waals surface area contributed by atoms with Crippen molar-refractivity contribution >= 4 is 11.6 Å². The first-order valence-corrected chi connectivity index (χ1v) is 8.92. The van der Waals surface area contributed by atoms with Crippen LogP contribution in [0.2, 0.25) is 0 Å². The molecule has 1 aliphatic carbocycles. The number of nitrogens with one attached hydrogen (secondary N) is 1. The minimum Gasteiger partial charge on any atom is -0.493 e. The van der Waals surface area contributed by atoms with Crippen molar-refractivity contribution in [3.63, 3.8) is 0 Å². The van der Waals surface area contributed by atoms with Crippen LogP contribution in [-0.4, -0.2) is 19.6 Å². The van der Waals surface area contributed by atoms with Gasteiger partial charge in [-0.1, -0.05) is 36.4 Å². The number of hydrogen-bond donors (Lipinski definition) is 1. The lowest BCUT2D eigenvalue weighted by atomic mass is 10.1. The van der Waals surface area contributed by atoms with Gasteiger partial charge < -0.3 is 14.8 Å². The van der Waals surface area contributed by atoms with Gasteiger partial charge >= 0.3 is 0 Å². The third-order valence-corrected chi connectivity index (χ3v) is 4.76. The van der Waals surface area contributed by atoms with E-state index in [4.69, 9.17) is 9.47 Å². The molecule has 4 nitrogen and oxygen atoms in total. The van der Waals surface area contributed by atoms with E-state index < -0.39 is 0 Å². The van der Waals surface area contributed by atoms with Crippen molar-refractivity contribution in [3.8, 4) is 22.6 Å². The van der Waals surface area contributed by atoms with Crippen LogP contribution in [0.3, 0.4) is 0 Å². The molecule has 0 heterocycles. The molecule has 0 atom stereocenters. The summed E-state index contributed by atoms with van der Waals surface area (Å²) in [6, 6.07) is 20.1. The lowest BCUT2D eigenvalue weighted by Crippen LogP contribution is -2.20. The Morgan fingerprint density at radius 1 is 0.963 bits per heavy atom. The molecule has 0 spiro atoms. The lowest BCUT2D eigenvalue weighted by molar-refractivity contribution is -0.118. The van der Waals surface area contributed by atoms with Crippen LogP contribution in [0, 0.1) is 6.92 Å². The van der Waals surface area contributed by atoms with E-state index in [0.29, 0.717) is 11.5 Å². The molecule has 27 heavy (non-hydrogen) atoms. The first-order valence-electron chi connectivity index (χ1n) is 8.92. The number of carbonyl (C=O) groups is 1. The Bertz CT molecular complexity index is 1010. The number of rotatable bonds is 5. The van der Waals surface area contributed by atoms with Crippen molar-refractivity contribution in [2.45, 2.75) is 13.3 Å². The summed E-state index contributed by atoms with van der Waals surface area (Å²) >= 11 is 0. The second-order valence-electron chi connectivity index (χ2n) is 6.70. The number of hydrogen-bond acceptors (Lipinski definition) is 3. The third-order valence-electron chi connectivity index (χ3n) is 4.76. The molecule has 4 rings (SSSR count). The van der Waals surface area contributed by atoms with Crippen molar-refractivity contribution in [1.29, 1.82) is 0 Å². The molecule has 0 fully saturated rings. The van der Waals surface area contributed by atoms with E-state index >= 15 is 0 Å². The fourth-order valence-electron chi connectivity index (χ4n) is 3.46. The van der Waals surface area contributed by atoms with Crippen LogP contribution < -0.4 is 14.8 Å². The van der Waals surface area contributed by atoms with Gasteiger partial charge in [0, 0.05) is 5.69 Å². The van der Waals surface area contributed by atoms with Crippen LogP contribution in [0.5, 0.6) is 11.5 Å². The standard InChI is InChI=1S/C23H21NO3/c1-15-7-10-21(22(11-15)26-2)27-14-23(25)24-18-8-9-20-17(13-18)12-16-5-3-4-6-19(16)20/h3-11,13H,12,14H2,1-2H3,(H,24,25). The lowest BCUT2D eigenvalue weighted by Gasteiger charge is -2.12. The predicted molar refractivity (Wildman–Crippen MR) is 107 cm³/mol. The Labute approximate surface area is 158 Å². The van der Waals surface area contributed by atoms with Gasteiger partial charge in [-0.15, -0.1) is 0 Å². The number of ether oxygens (including phenoxy) is 2. The van der Waals surface area contributed by atoms with E-state index in [1.54, 1.807) is 7.11 Å². The highest BCUT2D eigenvalue weighted by atomic mass is 16.5. The van der Waals surface area contributed by atoms with Gasteiger partial charge in [-0.05, 0) is 65.4 Å². The maximum absolute atomic E-state index is 12.3. The normalized spacial score (nSPS) is 11.5. The number of amides is 1. The molecule has 4 heteroatoms. The third kappa shape index (κ3) is 3.51. The Kier molecular flexibility index (Phi) is 4.55. The summed E-state index contributed by atoms with van der Waals surface area (Å²) in [4.78, 5) is 12.3. The van der Waals surface area contributed by atoms with Crippen LogP contribution in [0.1, 0.15) is 16.7 Å². The van der Waals surface area contributed by atoms with Gasteiger partial charge in [0.1, 0.15) is 0 Å². The minimum atomic E-state index is -0.201. The SMILES string of the molecule is COc1cc(C)ccc1OCC(=O)Nc1ccc2c(c1)Cc1ccccc1-2. The summed E-state index contributed by atoms with van der Waals surface area (Å²) in [7, 11) is 1.59. The molecule has 0 unspecified atom stereocenters. The number of methoxy groups -OCH3 is 1. The molecule has 1 aliphatic rings. The molecule has 3 aromatic rings. The highest BCUT2D eigenvalue weighted by Gasteiger charge is 2.18. The molecule has 1 amide bonds. The van der Waals surface area contributed by atoms with E-state index in [9.17, 15) is 4.79 Å². The zero-order chi connectivity index (χ0) is 18.8. The van der Waals surface area contributed by atoms with Gasteiger partial charge in [0.2, 0.25) is 0 Å². The fourth-order valence-corrected chi connectivity index (χ4v) is 3.46. The summed E-state index contributed by atoms with van der Waals surface area (Å²) in [6.07, 6.45) is 0.895. The van der Waals surface area contributed by atoms with Crippen LogP contribution in [0.4, 0.5) is 5.69 Å². The van der Waals surface area contributed by atoms with E-state index in [2.05, 4.69) is 35.6 Å². The highest BCUT2D eigenvalue weighted by molar-refractivity contribution is 5.93. The number of fused-ring (bicyclic) bond motifs is 3. The van der Waals surface area contributed by atoms with Gasteiger partial charge in [0.15, 0.2) is 18.1 Å². The van der Waals surface area contributed by atoms with E-state index in [1.165, 1.54) is 22.3 Å². The molecule has 1 N–H and O–H groups in total. The molecule has 0 aromatic heterocycles. The van der Waals surface area contributed by atoms with E-state index in [0.717, 1.165) is 17.7 Å². The Balaban J connectivity index is 1.42. The molecule has 0 saturated carbocycles. The van der Waals surface area contributed by atoms with Gasteiger partial charge in [-0.25, -0.2) is 0 Å². The average Bonchev–Trinajstić information content (AvgIpc) is 3.04. The molecule has 0 radical (unpaired) electrons. The topological polar surface area (TPSA) is 47.6 Å². The fraction of sp³-hybridized carbons (Fsp3) is 0.174. The molecular formula is C23H21NO3. The summed E-state index contributed by atoms with van der Waals surface area (Å²) in [6.45, 7) is 1.90. The van der Waals surface area contributed by atoms with Crippen LogP contribution >= 0.6 is 0 Å². The maximum Gasteiger partial charge on any atom is 0.262 e. The number of benzene rings is 3. The summed E-state index contributed by atoms with van der Waals surface area (Å²) in [5.41, 5.74) is 6.93. The van der Waals surface area contributed by atoms with Crippen LogP contribution in [0.15, 0.2) is 60.7 Å². The zero-order valence-electron chi connectivity index (χ0n) is 15.4. The van der Waals surface area contributed by atoms with Gasteiger partial charge in [-0.3, -0.25) is 4.79 Å². The summed E-state index contributed by atoms with van der Waals surface area (Å²) < 4.78 is 10.9. The second kappa shape index (κ2) is 7.16. The first-order chi connectivity index (χ1) is 13.1. The van der Waals surface area contributed by atoms with Crippen molar-refractivity contribution in [3.05, 3.63) is 77.4 Å². The Morgan fingerprint density at radius 3 is 2.63 bits per heavy atom. The quantitative estimate of drug-likeness (QED) is 0.567. The molecule has 136 valence electrons.